The van der Waals surface area contributed by atoms with Crippen molar-refractivity contribution in [2.75, 3.05) is 18.0 Å². The molecule has 0 unspecified atom stereocenters. The lowest BCUT2D eigenvalue weighted by Gasteiger charge is -2.21. The smallest absolute Gasteiger partial charge is 0.135 e. The summed E-state index contributed by atoms with van der Waals surface area (Å²) < 4.78 is 0. The van der Waals surface area contributed by atoms with Crippen LogP contribution in [0.25, 0.3) is 0 Å². The van der Waals surface area contributed by atoms with Crippen molar-refractivity contribution in [2.24, 2.45) is 0 Å². The number of nitrogens with zero attached hydrogens (tertiary/aromatic N) is 4. The first kappa shape index (κ1) is 12.1. The largest absolute Gasteiger partial charge is 0.356 e. The maximum absolute atomic E-state index is 8.63. The van der Waals surface area contributed by atoms with E-state index >= 15 is 0 Å². The van der Waals surface area contributed by atoms with Crippen LogP contribution >= 0.6 is 11.6 Å². The maximum Gasteiger partial charge on any atom is 0.135 e. The Labute approximate surface area is 106 Å². The maximum atomic E-state index is 8.63. The van der Waals surface area contributed by atoms with E-state index in [1.807, 2.05) is 6.92 Å². The Hall–Kier alpha value is -1.34. The van der Waals surface area contributed by atoms with Gasteiger partial charge in [0, 0.05) is 25.1 Å². The molecule has 90 valence electrons. The molecule has 1 saturated carbocycles. The summed E-state index contributed by atoms with van der Waals surface area (Å²) in [6.45, 7) is 3.55. The molecule has 0 bridgehead atoms. The van der Waals surface area contributed by atoms with E-state index in [-0.39, 0.29) is 0 Å². The minimum absolute atomic E-state index is 0.488. The normalized spacial score (nSPS) is 14.4. The number of halogens is 1. The highest BCUT2D eigenvalue weighted by atomic mass is 35.5. The second kappa shape index (κ2) is 5.33. The van der Waals surface area contributed by atoms with Gasteiger partial charge in [-0.1, -0.05) is 11.6 Å². The molecule has 0 aliphatic heterocycles. The summed E-state index contributed by atoms with van der Waals surface area (Å²) in [4.78, 5) is 10.9. The molecule has 0 saturated heterocycles. The number of rotatable bonds is 5. The third kappa shape index (κ3) is 3.07. The van der Waals surface area contributed by atoms with E-state index in [1.54, 1.807) is 6.07 Å². The zero-order chi connectivity index (χ0) is 12.3. The van der Waals surface area contributed by atoms with Crippen molar-refractivity contribution in [3.05, 3.63) is 17.0 Å². The van der Waals surface area contributed by atoms with Crippen molar-refractivity contribution in [1.29, 1.82) is 5.26 Å². The van der Waals surface area contributed by atoms with Gasteiger partial charge >= 0.3 is 0 Å². The first-order chi connectivity index (χ1) is 8.24. The average molecular weight is 251 g/mol. The van der Waals surface area contributed by atoms with Crippen LogP contribution in [0.2, 0.25) is 5.15 Å². The first-order valence-corrected chi connectivity index (χ1v) is 6.28. The molecule has 0 amide bonds. The molecule has 0 atom stereocenters. The molecular formula is C12H15ClN4. The summed E-state index contributed by atoms with van der Waals surface area (Å²) in [6.07, 6.45) is 2.81. The van der Waals surface area contributed by atoms with Gasteiger partial charge in [-0.15, -0.1) is 0 Å². The molecule has 1 fully saturated rings. The van der Waals surface area contributed by atoms with Gasteiger partial charge in [0.25, 0.3) is 0 Å². The van der Waals surface area contributed by atoms with Crippen LogP contribution in [-0.4, -0.2) is 23.1 Å². The Morgan fingerprint density at radius 2 is 2.29 bits per heavy atom. The van der Waals surface area contributed by atoms with Crippen LogP contribution in [0.15, 0.2) is 6.07 Å². The lowest BCUT2D eigenvalue weighted by atomic mass is 10.3. The quantitative estimate of drug-likeness (QED) is 0.754. The predicted octanol–water partition coefficient (Wildman–Crippen LogP) is 2.75. The zero-order valence-electron chi connectivity index (χ0n) is 9.86. The Bertz CT molecular complexity index is 437. The molecule has 17 heavy (non-hydrogen) atoms. The van der Waals surface area contributed by atoms with Gasteiger partial charge in [-0.2, -0.15) is 5.26 Å². The van der Waals surface area contributed by atoms with E-state index in [1.165, 1.54) is 0 Å². The second-order valence-electron chi connectivity index (χ2n) is 4.17. The van der Waals surface area contributed by atoms with Crippen molar-refractivity contribution in [1.82, 2.24) is 9.97 Å². The third-order valence-electron chi connectivity index (χ3n) is 2.84. The first-order valence-electron chi connectivity index (χ1n) is 5.91. The van der Waals surface area contributed by atoms with E-state index in [4.69, 9.17) is 16.9 Å². The van der Waals surface area contributed by atoms with Crippen molar-refractivity contribution in [3.63, 3.8) is 0 Å². The van der Waals surface area contributed by atoms with Crippen molar-refractivity contribution in [2.45, 2.75) is 32.1 Å². The Kier molecular flexibility index (Phi) is 3.80. The minimum Gasteiger partial charge on any atom is -0.356 e. The molecule has 5 heteroatoms. The zero-order valence-corrected chi connectivity index (χ0v) is 10.6. The number of nitriles is 1. The summed E-state index contributed by atoms with van der Waals surface area (Å²) in [5.74, 6) is 2.18. The van der Waals surface area contributed by atoms with Crippen LogP contribution in [0.3, 0.4) is 0 Å². The topological polar surface area (TPSA) is 52.8 Å². The van der Waals surface area contributed by atoms with Crippen LogP contribution in [0.4, 0.5) is 5.82 Å². The molecule has 2 rings (SSSR count). The van der Waals surface area contributed by atoms with Crippen LogP contribution in [-0.2, 0) is 0 Å². The van der Waals surface area contributed by atoms with Crippen LogP contribution < -0.4 is 4.90 Å². The highest BCUT2D eigenvalue weighted by Crippen LogP contribution is 2.39. The molecule has 1 heterocycles. The van der Waals surface area contributed by atoms with Gasteiger partial charge in [0.1, 0.15) is 16.8 Å². The van der Waals surface area contributed by atoms with Crippen LogP contribution in [0, 0.1) is 11.3 Å². The fraction of sp³-hybridized carbons (Fsp3) is 0.583. The SMILES string of the molecule is CCN(CCC#N)c1cc(Cl)nc(C2CC2)n1. The summed E-state index contributed by atoms with van der Waals surface area (Å²) >= 11 is 6.01. The van der Waals surface area contributed by atoms with E-state index < -0.39 is 0 Å². The van der Waals surface area contributed by atoms with Gasteiger partial charge < -0.3 is 4.90 Å². The number of hydrogen-bond acceptors (Lipinski definition) is 4. The minimum atomic E-state index is 0.488. The lowest BCUT2D eigenvalue weighted by molar-refractivity contribution is 0.793. The molecule has 0 radical (unpaired) electrons. The monoisotopic (exact) mass is 250 g/mol. The van der Waals surface area contributed by atoms with Gasteiger partial charge in [-0.25, -0.2) is 9.97 Å². The molecule has 1 aliphatic carbocycles. The number of aromatic nitrogens is 2. The molecule has 1 aliphatic rings. The highest BCUT2D eigenvalue weighted by Gasteiger charge is 2.27. The number of anilines is 1. The summed E-state index contributed by atoms with van der Waals surface area (Å²) in [5.41, 5.74) is 0. The predicted molar refractivity (Wildman–Crippen MR) is 67.1 cm³/mol. The Balaban J connectivity index is 2.20. The highest BCUT2D eigenvalue weighted by molar-refractivity contribution is 6.29. The summed E-state index contributed by atoms with van der Waals surface area (Å²) in [7, 11) is 0. The molecule has 1 aromatic heterocycles. The Morgan fingerprint density at radius 1 is 1.53 bits per heavy atom. The van der Waals surface area contributed by atoms with E-state index in [0.29, 0.717) is 24.0 Å². The number of hydrogen-bond donors (Lipinski definition) is 0. The summed E-state index contributed by atoms with van der Waals surface area (Å²) in [6, 6.07) is 3.92. The molecule has 0 N–H and O–H groups in total. The Morgan fingerprint density at radius 3 is 2.88 bits per heavy atom. The van der Waals surface area contributed by atoms with Crippen molar-refractivity contribution in [3.8, 4) is 6.07 Å². The fourth-order valence-corrected chi connectivity index (χ4v) is 1.91. The summed E-state index contributed by atoms with van der Waals surface area (Å²) in [5, 5.41) is 9.12. The molecule has 0 spiro atoms. The average Bonchev–Trinajstić information content (AvgIpc) is 3.13. The van der Waals surface area contributed by atoms with Gasteiger partial charge in [-0.05, 0) is 19.8 Å². The fourth-order valence-electron chi connectivity index (χ4n) is 1.73. The molecule has 0 aromatic carbocycles. The van der Waals surface area contributed by atoms with Crippen molar-refractivity contribution < 1.29 is 0 Å². The standard InChI is InChI=1S/C12H15ClN4/c1-2-17(7-3-6-14)11-8-10(13)15-12(16-11)9-4-5-9/h8-9H,2-5,7H2,1H3. The van der Waals surface area contributed by atoms with Crippen LogP contribution in [0.5, 0.6) is 0 Å². The van der Waals surface area contributed by atoms with Gasteiger partial charge in [0.15, 0.2) is 0 Å². The molecular weight excluding hydrogens is 236 g/mol. The van der Waals surface area contributed by atoms with Gasteiger partial charge in [0.2, 0.25) is 0 Å². The van der Waals surface area contributed by atoms with E-state index in [9.17, 15) is 0 Å². The van der Waals surface area contributed by atoms with E-state index in [0.717, 1.165) is 31.0 Å². The van der Waals surface area contributed by atoms with Crippen molar-refractivity contribution >= 4 is 17.4 Å². The van der Waals surface area contributed by atoms with Gasteiger partial charge in [0.05, 0.1) is 12.5 Å². The lowest BCUT2D eigenvalue weighted by Crippen LogP contribution is -2.25. The van der Waals surface area contributed by atoms with E-state index in [2.05, 4.69) is 20.9 Å². The van der Waals surface area contributed by atoms with Gasteiger partial charge in [-0.3, -0.25) is 0 Å². The van der Waals surface area contributed by atoms with Crippen LogP contribution in [0.1, 0.15) is 37.9 Å². The molecule has 4 nitrogen and oxygen atoms in total. The third-order valence-corrected chi connectivity index (χ3v) is 3.03. The second-order valence-corrected chi connectivity index (χ2v) is 4.56. The molecule has 1 aromatic rings.